The van der Waals surface area contributed by atoms with E-state index in [1.807, 2.05) is 0 Å². The maximum absolute atomic E-state index is 10.8. The van der Waals surface area contributed by atoms with Gasteiger partial charge in [0.1, 0.15) is 0 Å². The van der Waals surface area contributed by atoms with Crippen LogP contribution in [0.4, 0.5) is 5.69 Å². The zero-order valence-corrected chi connectivity index (χ0v) is 10.2. The van der Waals surface area contributed by atoms with Gasteiger partial charge in [-0.15, -0.1) is 0 Å². The van der Waals surface area contributed by atoms with Gasteiger partial charge in [0.25, 0.3) is 0 Å². The molecule has 0 aliphatic carbocycles. The van der Waals surface area contributed by atoms with Crippen molar-refractivity contribution in [1.82, 2.24) is 0 Å². The van der Waals surface area contributed by atoms with E-state index in [0.717, 1.165) is 30.7 Å². The van der Waals surface area contributed by atoms with E-state index in [1.165, 1.54) is 0 Å². The molecule has 0 amide bonds. The van der Waals surface area contributed by atoms with Gasteiger partial charge in [-0.05, 0) is 30.5 Å². The summed E-state index contributed by atoms with van der Waals surface area (Å²) in [5.41, 5.74) is 1.40. The van der Waals surface area contributed by atoms with Crippen LogP contribution >= 0.6 is 35.1 Å². The van der Waals surface area contributed by atoms with E-state index in [9.17, 15) is 4.79 Å². The van der Waals surface area contributed by atoms with E-state index in [2.05, 4.69) is 4.31 Å². The molecule has 0 spiro atoms. The second-order valence-corrected chi connectivity index (χ2v) is 5.13. The Hall–Kier alpha value is -0.380. The third kappa shape index (κ3) is 2.25. The Kier molecular flexibility index (Phi) is 3.44. The monoisotopic (exact) mass is 261 g/mol. The Morgan fingerprint density at radius 1 is 1.40 bits per heavy atom. The van der Waals surface area contributed by atoms with Gasteiger partial charge in [-0.3, -0.25) is 4.79 Å². The van der Waals surface area contributed by atoms with E-state index >= 15 is 0 Å². The Balaban J connectivity index is 2.39. The van der Waals surface area contributed by atoms with E-state index in [4.69, 9.17) is 23.2 Å². The van der Waals surface area contributed by atoms with Crippen molar-refractivity contribution in [1.29, 1.82) is 0 Å². The van der Waals surface area contributed by atoms with E-state index in [-0.39, 0.29) is 0 Å². The maximum Gasteiger partial charge on any atom is 0.151 e. The smallest absolute Gasteiger partial charge is 0.151 e. The second kappa shape index (κ2) is 4.64. The Bertz CT molecular complexity index is 391. The van der Waals surface area contributed by atoms with Crippen molar-refractivity contribution >= 4 is 47.1 Å². The lowest BCUT2D eigenvalue weighted by atomic mass is 10.2. The fraction of sp³-hybridized carbons (Fsp3) is 0.300. The van der Waals surface area contributed by atoms with E-state index in [0.29, 0.717) is 15.6 Å². The minimum Gasteiger partial charge on any atom is -0.316 e. The van der Waals surface area contributed by atoms with Crippen LogP contribution < -0.4 is 4.31 Å². The topological polar surface area (TPSA) is 20.3 Å². The Morgan fingerprint density at radius 3 is 2.80 bits per heavy atom. The number of rotatable bonds is 2. The number of hydrogen-bond acceptors (Lipinski definition) is 3. The summed E-state index contributed by atoms with van der Waals surface area (Å²) in [4.78, 5) is 10.8. The van der Waals surface area contributed by atoms with Gasteiger partial charge in [0, 0.05) is 23.5 Å². The summed E-state index contributed by atoms with van der Waals surface area (Å²) in [7, 11) is 0. The van der Waals surface area contributed by atoms with E-state index in [1.54, 1.807) is 24.1 Å². The first kappa shape index (κ1) is 11.1. The van der Waals surface area contributed by atoms with Crippen molar-refractivity contribution in [2.45, 2.75) is 6.42 Å². The SMILES string of the molecule is O=Cc1cc(N2CCCS2)cc(Cl)c1Cl. The largest absolute Gasteiger partial charge is 0.316 e. The fourth-order valence-corrected chi connectivity index (χ4v) is 2.84. The van der Waals surface area contributed by atoms with Gasteiger partial charge in [0.15, 0.2) is 6.29 Å². The molecule has 1 aliphatic rings. The number of aldehydes is 1. The summed E-state index contributed by atoms with van der Waals surface area (Å²) in [5, 5.41) is 0.767. The molecule has 1 heterocycles. The van der Waals surface area contributed by atoms with Gasteiger partial charge in [0.05, 0.1) is 10.0 Å². The van der Waals surface area contributed by atoms with Crippen molar-refractivity contribution in [2.24, 2.45) is 0 Å². The van der Waals surface area contributed by atoms with Crippen LogP contribution in [0, 0.1) is 0 Å². The Labute approximate surface area is 103 Å². The molecule has 1 aliphatic heterocycles. The third-order valence-electron chi connectivity index (χ3n) is 2.21. The van der Waals surface area contributed by atoms with Crippen molar-refractivity contribution in [3.63, 3.8) is 0 Å². The number of anilines is 1. The first-order chi connectivity index (χ1) is 7.22. The zero-order valence-electron chi connectivity index (χ0n) is 7.87. The molecule has 1 fully saturated rings. The molecule has 2 rings (SSSR count). The number of carbonyl (C=O) groups is 1. The number of nitrogens with zero attached hydrogens (tertiary/aromatic N) is 1. The van der Waals surface area contributed by atoms with Gasteiger partial charge in [-0.2, -0.15) is 0 Å². The van der Waals surface area contributed by atoms with Crippen molar-refractivity contribution in [3.8, 4) is 0 Å². The van der Waals surface area contributed by atoms with Gasteiger partial charge in [0.2, 0.25) is 0 Å². The average molecular weight is 262 g/mol. The summed E-state index contributed by atoms with van der Waals surface area (Å²) in [6.07, 6.45) is 1.89. The van der Waals surface area contributed by atoms with Crippen LogP contribution in [-0.4, -0.2) is 18.6 Å². The van der Waals surface area contributed by atoms with Crippen LogP contribution in [0.5, 0.6) is 0 Å². The summed E-state index contributed by atoms with van der Waals surface area (Å²) in [6, 6.07) is 3.58. The standard InChI is InChI=1S/C10H9Cl2NOS/c11-9-5-8(13-2-1-3-15-13)4-7(6-14)10(9)12/h4-6H,1-3H2. The van der Waals surface area contributed by atoms with Gasteiger partial charge >= 0.3 is 0 Å². The molecule has 80 valence electrons. The molecular formula is C10H9Cl2NOS. The highest BCUT2D eigenvalue weighted by atomic mass is 35.5. The molecular weight excluding hydrogens is 253 g/mol. The summed E-state index contributed by atoms with van der Waals surface area (Å²) >= 11 is 13.6. The number of halogens is 2. The van der Waals surface area contributed by atoms with Crippen LogP contribution in [0.1, 0.15) is 16.8 Å². The quantitative estimate of drug-likeness (QED) is 0.599. The molecule has 15 heavy (non-hydrogen) atoms. The van der Waals surface area contributed by atoms with Crippen LogP contribution in [0.25, 0.3) is 0 Å². The highest BCUT2D eigenvalue weighted by Crippen LogP contribution is 2.35. The molecule has 2 nitrogen and oxygen atoms in total. The molecule has 0 atom stereocenters. The van der Waals surface area contributed by atoms with Crippen LogP contribution in [0.2, 0.25) is 10.0 Å². The van der Waals surface area contributed by atoms with Crippen molar-refractivity contribution in [2.75, 3.05) is 16.6 Å². The lowest BCUT2D eigenvalue weighted by Crippen LogP contribution is -2.09. The Morgan fingerprint density at radius 2 is 2.20 bits per heavy atom. The lowest BCUT2D eigenvalue weighted by molar-refractivity contribution is 0.112. The molecule has 0 radical (unpaired) electrons. The summed E-state index contributed by atoms with van der Waals surface area (Å²) in [5.74, 6) is 1.11. The first-order valence-electron chi connectivity index (χ1n) is 4.57. The molecule has 0 bridgehead atoms. The summed E-state index contributed by atoms with van der Waals surface area (Å²) in [6.45, 7) is 0.987. The maximum atomic E-state index is 10.8. The van der Waals surface area contributed by atoms with Gasteiger partial charge in [-0.25, -0.2) is 0 Å². The molecule has 0 N–H and O–H groups in total. The van der Waals surface area contributed by atoms with Crippen molar-refractivity contribution < 1.29 is 4.79 Å². The number of benzene rings is 1. The fourth-order valence-electron chi connectivity index (χ4n) is 1.48. The highest BCUT2D eigenvalue weighted by molar-refractivity contribution is 8.00. The molecule has 0 aromatic heterocycles. The van der Waals surface area contributed by atoms with Crippen LogP contribution in [-0.2, 0) is 0 Å². The number of hydrogen-bond donors (Lipinski definition) is 0. The molecule has 1 aromatic carbocycles. The first-order valence-corrected chi connectivity index (χ1v) is 6.27. The molecule has 1 saturated heterocycles. The summed E-state index contributed by atoms with van der Waals surface area (Å²) < 4.78 is 2.13. The van der Waals surface area contributed by atoms with Crippen molar-refractivity contribution in [3.05, 3.63) is 27.7 Å². The normalized spacial score (nSPS) is 15.7. The van der Waals surface area contributed by atoms with E-state index < -0.39 is 0 Å². The van der Waals surface area contributed by atoms with Crippen LogP contribution in [0.15, 0.2) is 12.1 Å². The molecule has 1 aromatic rings. The minimum absolute atomic E-state index is 0.333. The highest BCUT2D eigenvalue weighted by Gasteiger charge is 2.16. The molecule has 5 heteroatoms. The zero-order chi connectivity index (χ0) is 10.8. The second-order valence-electron chi connectivity index (χ2n) is 3.24. The molecule has 0 unspecified atom stereocenters. The van der Waals surface area contributed by atoms with Gasteiger partial charge < -0.3 is 4.31 Å². The predicted octanol–water partition coefficient (Wildman–Crippen LogP) is 3.66. The number of carbonyl (C=O) groups excluding carboxylic acids is 1. The lowest BCUT2D eigenvalue weighted by Gasteiger charge is -2.17. The average Bonchev–Trinajstić information content (AvgIpc) is 2.75. The predicted molar refractivity (Wildman–Crippen MR) is 66.3 cm³/mol. The minimum atomic E-state index is 0.333. The third-order valence-corrected chi connectivity index (χ3v) is 4.20. The van der Waals surface area contributed by atoms with Gasteiger partial charge in [-0.1, -0.05) is 23.2 Å². The van der Waals surface area contributed by atoms with Crippen LogP contribution in [0.3, 0.4) is 0 Å². The molecule has 0 saturated carbocycles.